The molecule has 0 unspecified atom stereocenters. The zero-order valence-corrected chi connectivity index (χ0v) is 11.5. The van der Waals surface area contributed by atoms with E-state index in [0.717, 1.165) is 5.56 Å². The van der Waals surface area contributed by atoms with Gasteiger partial charge in [0.25, 0.3) is 0 Å². The molecular weight excluding hydrogens is 266 g/mol. The number of carbonyl (C=O) groups is 2. The lowest BCUT2D eigenvalue weighted by Crippen LogP contribution is -2.31. The molecule has 0 heterocycles. The van der Waals surface area contributed by atoms with Crippen molar-refractivity contribution in [2.45, 2.75) is 19.4 Å². The van der Waals surface area contributed by atoms with Crippen LogP contribution >= 0.6 is 12.4 Å². The van der Waals surface area contributed by atoms with Crippen LogP contribution in [-0.2, 0) is 16.1 Å². The zero-order chi connectivity index (χ0) is 13.2. The summed E-state index contributed by atoms with van der Waals surface area (Å²) in [6.07, 6.45) is 0.578. The Morgan fingerprint density at radius 3 is 2.26 bits per heavy atom. The Morgan fingerprint density at radius 2 is 1.63 bits per heavy atom. The molecule has 2 amide bonds. The summed E-state index contributed by atoms with van der Waals surface area (Å²) in [4.78, 5) is 22.5. The second-order valence-corrected chi connectivity index (χ2v) is 3.90. The van der Waals surface area contributed by atoms with Crippen LogP contribution in [0.25, 0.3) is 0 Å². The highest BCUT2D eigenvalue weighted by atomic mass is 35.5. The second-order valence-electron chi connectivity index (χ2n) is 3.90. The predicted octanol–water partition coefficient (Wildman–Crippen LogP) is 0.580. The van der Waals surface area contributed by atoms with Crippen molar-refractivity contribution in [1.29, 1.82) is 0 Å². The summed E-state index contributed by atoms with van der Waals surface area (Å²) in [6.45, 7) is 1.18. The molecule has 0 radical (unpaired) electrons. The topological polar surface area (TPSA) is 84.2 Å². The molecule has 1 aromatic rings. The van der Waals surface area contributed by atoms with Crippen molar-refractivity contribution in [3.05, 3.63) is 35.9 Å². The lowest BCUT2D eigenvalue weighted by Gasteiger charge is -2.06. The molecule has 4 N–H and O–H groups in total. The van der Waals surface area contributed by atoms with Crippen molar-refractivity contribution in [2.75, 3.05) is 13.1 Å². The van der Waals surface area contributed by atoms with Gasteiger partial charge in [0, 0.05) is 32.5 Å². The maximum Gasteiger partial charge on any atom is 0.222 e. The molecule has 0 aliphatic heterocycles. The van der Waals surface area contributed by atoms with E-state index in [1.165, 1.54) is 0 Å². The number of amides is 2. The van der Waals surface area contributed by atoms with E-state index in [1.807, 2.05) is 30.3 Å². The second kappa shape index (κ2) is 10.3. The normalized spacial score (nSPS) is 9.32. The standard InChI is InChI=1S/C13H19N3O2.ClH/c14-8-6-12(17)15-9-7-13(18)16-10-11-4-2-1-3-5-11;/h1-5H,6-10,14H2,(H,15,17)(H,16,18);1H. The Labute approximate surface area is 119 Å². The molecule has 106 valence electrons. The van der Waals surface area contributed by atoms with E-state index in [2.05, 4.69) is 10.6 Å². The quantitative estimate of drug-likeness (QED) is 0.685. The van der Waals surface area contributed by atoms with E-state index in [1.54, 1.807) is 0 Å². The van der Waals surface area contributed by atoms with Gasteiger partial charge in [-0.15, -0.1) is 12.4 Å². The Hall–Kier alpha value is -1.59. The van der Waals surface area contributed by atoms with Crippen molar-refractivity contribution >= 4 is 24.2 Å². The van der Waals surface area contributed by atoms with Gasteiger partial charge in [-0.1, -0.05) is 30.3 Å². The highest BCUT2D eigenvalue weighted by Gasteiger charge is 2.03. The van der Waals surface area contributed by atoms with Crippen LogP contribution in [0.5, 0.6) is 0 Å². The van der Waals surface area contributed by atoms with Gasteiger partial charge >= 0.3 is 0 Å². The summed E-state index contributed by atoms with van der Waals surface area (Å²) in [5.41, 5.74) is 6.29. The number of nitrogens with one attached hydrogen (secondary N) is 2. The number of rotatable bonds is 7. The van der Waals surface area contributed by atoms with Crippen LogP contribution in [0.3, 0.4) is 0 Å². The van der Waals surface area contributed by atoms with Gasteiger partial charge in [0.15, 0.2) is 0 Å². The van der Waals surface area contributed by atoms with Gasteiger partial charge in [0.1, 0.15) is 0 Å². The average Bonchev–Trinajstić information content (AvgIpc) is 2.38. The van der Waals surface area contributed by atoms with Crippen LogP contribution in [0, 0.1) is 0 Å². The first-order valence-corrected chi connectivity index (χ1v) is 5.99. The Balaban J connectivity index is 0.00000324. The molecule has 0 aliphatic carbocycles. The third kappa shape index (κ3) is 8.18. The third-order valence-electron chi connectivity index (χ3n) is 2.38. The molecule has 0 bridgehead atoms. The highest BCUT2D eigenvalue weighted by Crippen LogP contribution is 1.97. The number of hydrogen-bond donors (Lipinski definition) is 3. The van der Waals surface area contributed by atoms with Crippen LogP contribution in [0.15, 0.2) is 30.3 Å². The minimum Gasteiger partial charge on any atom is -0.356 e. The van der Waals surface area contributed by atoms with Crippen molar-refractivity contribution in [3.63, 3.8) is 0 Å². The maximum atomic E-state index is 11.5. The smallest absolute Gasteiger partial charge is 0.222 e. The van der Waals surface area contributed by atoms with Crippen LogP contribution in [0.1, 0.15) is 18.4 Å². The van der Waals surface area contributed by atoms with E-state index in [4.69, 9.17) is 5.73 Å². The zero-order valence-electron chi connectivity index (χ0n) is 10.7. The molecular formula is C13H20ClN3O2. The summed E-state index contributed by atoms with van der Waals surface area (Å²) >= 11 is 0. The molecule has 0 aromatic heterocycles. The SMILES string of the molecule is Cl.NCCC(=O)NCCC(=O)NCc1ccccc1. The number of nitrogens with two attached hydrogens (primary N) is 1. The van der Waals surface area contributed by atoms with E-state index in [9.17, 15) is 9.59 Å². The summed E-state index contributed by atoms with van der Waals surface area (Å²) < 4.78 is 0. The first kappa shape index (κ1) is 17.4. The molecule has 0 saturated carbocycles. The molecule has 19 heavy (non-hydrogen) atoms. The third-order valence-corrected chi connectivity index (χ3v) is 2.38. The van der Waals surface area contributed by atoms with Gasteiger partial charge in [-0.2, -0.15) is 0 Å². The predicted molar refractivity (Wildman–Crippen MR) is 76.8 cm³/mol. The lowest BCUT2D eigenvalue weighted by atomic mass is 10.2. The molecule has 0 fully saturated rings. The van der Waals surface area contributed by atoms with Crippen molar-refractivity contribution in [2.24, 2.45) is 5.73 Å². The summed E-state index contributed by atoms with van der Waals surface area (Å²) in [6, 6.07) is 9.67. The fourth-order valence-corrected chi connectivity index (χ4v) is 1.42. The van der Waals surface area contributed by atoms with Crippen LogP contribution in [0.2, 0.25) is 0 Å². The Kier molecular flexibility index (Phi) is 9.48. The van der Waals surface area contributed by atoms with Gasteiger partial charge in [-0.3, -0.25) is 9.59 Å². The van der Waals surface area contributed by atoms with Gasteiger partial charge in [0.05, 0.1) is 0 Å². The van der Waals surface area contributed by atoms with Gasteiger partial charge in [-0.25, -0.2) is 0 Å². The molecule has 0 atom stereocenters. The average molecular weight is 286 g/mol. The van der Waals surface area contributed by atoms with Gasteiger partial charge in [-0.05, 0) is 5.56 Å². The van der Waals surface area contributed by atoms with E-state index in [0.29, 0.717) is 26.1 Å². The van der Waals surface area contributed by atoms with Gasteiger partial charge in [0.2, 0.25) is 11.8 Å². The Morgan fingerprint density at radius 1 is 1.00 bits per heavy atom. The van der Waals surface area contributed by atoms with Crippen LogP contribution in [0.4, 0.5) is 0 Å². The molecule has 0 aliphatic rings. The minimum absolute atomic E-state index is 0. The molecule has 1 rings (SSSR count). The summed E-state index contributed by atoms with van der Waals surface area (Å²) in [5, 5.41) is 5.42. The fourth-order valence-electron chi connectivity index (χ4n) is 1.42. The minimum atomic E-state index is -0.117. The molecule has 0 spiro atoms. The fraction of sp³-hybridized carbons (Fsp3) is 0.385. The lowest BCUT2D eigenvalue weighted by molar-refractivity contribution is -0.122. The van der Waals surface area contributed by atoms with Crippen molar-refractivity contribution in [3.8, 4) is 0 Å². The number of halogens is 1. The maximum absolute atomic E-state index is 11.5. The number of benzene rings is 1. The molecule has 0 saturated heterocycles. The summed E-state index contributed by atoms with van der Waals surface area (Å²) in [5.74, 6) is -0.194. The summed E-state index contributed by atoms with van der Waals surface area (Å²) in [7, 11) is 0. The van der Waals surface area contributed by atoms with Crippen molar-refractivity contribution in [1.82, 2.24) is 10.6 Å². The highest BCUT2D eigenvalue weighted by molar-refractivity contribution is 5.85. The van der Waals surface area contributed by atoms with Crippen molar-refractivity contribution < 1.29 is 9.59 Å². The largest absolute Gasteiger partial charge is 0.356 e. The van der Waals surface area contributed by atoms with E-state index in [-0.39, 0.29) is 30.6 Å². The number of hydrogen-bond acceptors (Lipinski definition) is 3. The first-order chi connectivity index (χ1) is 8.72. The molecule has 1 aromatic carbocycles. The Bertz CT molecular complexity index is 385. The van der Waals surface area contributed by atoms with E-state index < -0.39 is 0 Å². The van der Waals surface area contributed by atoms with Gasteiger partial charge < -0.3 is 16.4 Å². The number of carbonyl (C=O) groups excluding carboxylic acids is 2. The van der Waals surface area contributed by atoms with Crippen LogP contribution in [-0.4, -0.2) is 24.9 Å². The molecule has 5 nitrogen and oxygen atoms in total. The van der Waals surface area contributed by atoms with Crippen LogP contribution < -0.4 is 16.4 Å². The van der Waals surface area contributed by atoms with E-state index >= 15 is 0 Å². The first-order valence-electron chi connectivity index (χ1n) is 5.99. The molecule has 6 heteroatoms. The monoisotopic (exact) mass is 285 g/mol.